The lowest BCUT2D eigenvalue weighted by Gasteiger charge is -2.11. The van der Waals surface area contributed by atoms with Crippen molar-refractivity contribution >= 4 is 29.5 Å². The van der Waals surface area contributed by atoms with Crippen LogP contribution in [0.4, 0.5) is 11.6 Å². The summed E-state index contributed by atoms with van der Waals surface area (Å²) in [6.07, 6.45) is 5.77. The Balaban J connectivity index is 1.95. The zero-order valence-electron chi connectivity index (χ0n) is 13.0. The minimum absolute atomic E-state index is 0.357. The molecule has 0 atom stereocenters. The fourth-order valence-electron chi connectivity index (χ4n) is 2.18. The van der Waals surface area contributed by atoms with Gasteiger partial charge < -0.3 is 10.1 Å². The molecule has 8 heteroatoms. The van der Waals surface area contributed by atoms with Crippen LogP contribution in [0.25, 0.3) is 11.3 Å². The number of carbonyl (C=O) groups is 1. The topological polar surface area (TPSA) is 81.9 Å². The zero-order valence-corrected chi connectivity index (χ0v) is 13.8. The lowest BCUT2D eigenvalue weighted by atomic mass is 10.2. The highest BCUT2D eigenvalue weighted by Crippen LogP contribution is 2.30. The van der Waals surface area contributed by atoms with Crippen molar-refractivity contribution in [1.82, 2.24) is 19.7 Å². The lowest BCUT2D eigenvalue weighted by molar-refractivity contribution is 0.112. The van der Waals surface area contributed by atoms with Crippen LogP contribution in [0.15, 0.2) is 36.8 Å². The Bertz CT molecular complexity index is 894. The third kappa shape index (κ3) is 3.21. The van der Waals surface area contributed by atoms with Gasteiger partial charge in [0, 0.05) is 24.4 Å². The Morgan fingerprint density at radius 1 is 1.33 bits per heavy atom. The highest BCUT2D eigenvalue weighted by atomic mass is 35.5. The molecule has 1 aromatic carbocycles. The van der Waals surface area contributed by atoms with Crippen molar-refractivity contribution in [3.05, 3.63) is 47.4 Å². The van der Waals surface area contributed by atoms with E-state index >= 15 is 0 Å². The number of hydrogen-bond acceptors (Lipinski definition) is 6. The molecule has 0 aliphatic heterocycles. The number of ether oxygens (including phenoxy) is 1. The number of aromatic nitrogens is 4. The Hall–Kier alpha value is -2.93. The van der Waals surface area contributed by atoms with Crippen molar-refractivity contribution in [3.63, 3.8) is 0 Å². The highest BCUT2D eigenvalue weighted by Gasteiger charge is 2.12. The fraction of sp³-hybridized carbons (Fsp3) is 0.125. The highest BCUT2D eigenvalue weighted by molar-refractivity contribution is 6.32. The normalized spacial score (nSPS) is 10.5. The van der Waals surface area contributed by atoms with Crippen LogP contribution >= 0.6 is 11.6 Å². The third-order valence-electron chi connectivity index (χ3n) is 3.33. The van der Waals surface area contributed by atoms with E-state index in [1.165, 1.54) is 13.3 Å². The van der Waals surface area contributed by atoms with Gasteiger partial charge >= 0.3 is 0 Å². The van der Waals surface area contributed by atoms with Gasteiger partial charge in [-0.3, -0.25) is 9.48 Å². The predicted molar refractivity (Wildman–Crippen MR) is 90.9 cm³/mol. The molecule has 2 heterocycles. The smallest absolute Gasteiger partial charge is 0.227 e. The molecule has 0 amide bonds. The van der Waals surface area contributed by atoms with E-state index in [-0.39, 0.29) is 0 Å². The van der Waals surface area contributed by atoms with Crippen LogP contribution in [0.3, 0.4) is 0 Å². The van der Waals surface area contributed by atoms with Gasteiger partial charge in [0.05, 0.1) is 35.9 Å². The van der Waals surface area contributed by atoms with Gasteiger partial charge in [-0.1, -0.05) is 11.6 Å². The molecule has 7 nitrogen and oxygen atoms in total. The van der Waals surface area contributed by atoms with Crippen molar-refractivity contribution in [2.45, 2.75) is 0 Å². The second-order valence-electron chi connectivity index (χ2n) is 5.00. The number of carbonyl (C=O) groups excluding carboxylic acids is 1. The van der Waals surface area contributed by atoms with Gasteiger partial charge in [-0.05, 0) is 18.2 Å². The summed E-state index contributed by atoms with van der Waals surface area (Å²) in [5.74, 6) is 0.872. The summed E-state index contributed by atoms with van der Waals surface area (Å²) in [6, 6.07) is 5.04. The molecule has 0 radical (unpaired) electrons. The fourth-order valence-corrected chi connectivity index (χ4v) is 2.38. The summed E-state index contributed by atoms with van der Waals surface area (Å²) in [7, 11) is 3.34. The quantitative estimate of drug-likeness (QED) is 0.717. The molecule has 0 saturated carbocycles. The van der Waals surface area contributed by atoms with E-state index in [1.807, 2.05) is 13.2 Å². The number of nitrogens with one attached hydrogen (secondary N) is 1. The maximum absolute atomic E-state index is 10.9. The molecular formula is C16H14ClN5O2. The Labute approximate surface area is 143 Å². The van der Waals surface area contributed by atoms with E-state index in [0.717, 1.165) is 11.8 Å². The standard InChI is InChI=1S/C16H14ClN5O2/c1-22-8-11(6-19-22)15-12(17)7-18-16(21-15)20-13-4-3-10(9-23)5-14(13)24-2/h3-9H,1-2H3,(H,18,20,21). The molecule has 3 rings (SSSR count). The SMILES string of the molecule is COc1cc(C=O)ccc1Nc1ncc(Cl)c(-c2cnn(C)c2)n1. The van der Waals surface area contributed by atoms with E-state index < -0.39 is 0 Å². The van der Waals surface area contributed by atoms with Gasteiger partial charge in [0.15, 0.2) is 0 Å². The van der Waals surface area contributed by atoms with Crippen LogP contribution < -0.4 is 10.1 Å². The molecule has 0 saturated heterocycles. The number of rotatable bonds is 5. The van der Waals surface area contributed by atoms with E-state index in [0.29, 0.717) is 33.7 Å². The first kappa shape index (κ1) is 15.9. The maximum Gasteiger partial charge on any atom is 0.227 e. The first-order chi connectivity index (χ1) is 11.6. The van der Waals surface area contributed by atoms with Gasteiger partial charge in [-0.25, -0.2) is 9.97 Å². The number of nitrogens with zero attached hydrogens (tertiary/aromatic N) is 4. The van der Waals surface area contributed by atoms with Crippen molar-refractivity contribution in [3.8, 4) is 17.0 Å². The number of methoxy groups -OCH3 is 1. The van der Waals surface area contributed by atoms with Crippen LogP contribution in [0.5, 0.6) is 5.75 Å². The maximum atomic E-state index is 10.9. The van der Waals surface area contributed by atoms with Crippen molar-refractivity contribution < 1.29 is 9.53 Å². The first-order valence-electron chi connectivity index (χ1n) is 7.02. The van der Waals surface area contributed by atoms with Crippen molar-refractivity contribution in [2.75, 3.05) is 12.4 Å². The van der Waals surface area contributed by atoms with Crippen molar-refractivity contribution in [2.24, 2.45) is 7.05 Å². The van der Waals surface area contributed by atoms with E-state index in [2.05, 4.69) is 20.4 Å². The summed E-state index contributed by atoms with van der Waals surface area (Å²) in [5, 5.41) is 7.62. The molecule has 1 N–H and O–H groups in total. The van der Waals surface area contributed by atoms with Gasteiger partial charge in [0.2, 0.25) is 5.95 Å². The Kier molecular flexibility index (Phi) is 4.43. The summed E-state index contributed by atoms with van der Waals surface area (Å²) in [4.78, 5) is 19.5. The second-order valence-corrected chi connectivity index (χ2v) is 5.40. The molecule has 0 spiro atoms. The summed E-state index contributed by atoms with van der Waals surface area (Å²) >= 11 is 6.19. The molecule has 0 aliphatic rings. The molecule has 122 valence electrons. The van der Waals surface area contributed by atoms with Gasteiger partial charge in [0.1, 0.15) is 12.0 Å². The van der Waals surface area contributed by atoms with Gasteiger partial charge in [0.25, 0.3) is 0 Å². The third-order valence-corrected chi connectivity index (χ3v) is 3.61. The minimum Gasteiger partial charge on any atom is -0.495 e. The molecule has 0 bridgehead atoms. The predicted octanol–water partition coefficient (Wildman–Crippen LogP) is 3.10. The van der Waals surface area contributed by atoms with Crippen LogP contribution in [-0.4, -0.2) is 33.1 Å². The molecule has 0 aliphatic carbocycles. The molecule has 24 heavy (non-hydrogen) atoms. The first-order valence-corrected chi connectivity index (χ1v) is 7.40. The largest absolute Gasteiger partial charge is 0.495 e. The van der Waals surface area contributed by atoms with E-state index in [9.17, 15) is 4.79 Å². The van der Waals surface area contributed by atoms with E-state index in [1.54, 1.807) is 29.1 Å². The van der Waals surface area contributed by atoms with Crippen LogP contribution in [0.2, 0.25) is 5.02 Å². The molecule has 2 aromatic heterocycles. The molecule has 0 fully saturated rings. The number of benzene rings is 1. The Morgan fingerprint density at radius 3 is 2.83 bits per heavy atom. The van der Waals surface area contributed by atoms with Crippen molar-refractivity contribution in [1.29, 1.82) is 0 Å². The number of halogens is 1. The van der Waals surface area contributed by atoms with Crippen LogP contribution in [0, 0.1) is 0 Å². The second kappa shape index (κ2) is 6.67. The summed E-state index contributed by atoms with van der Waals surface area (Å²) in [6.45, 7) is 0. The number of aryl methyl sites for hydroxylation is 1. The molecule has 3 aromatic rings. The van der Waals surface area contributed by atoms with Gasteiger partial charge in [-0.15, -0.1) is 0 Å². The number of aldehydes is 1. The lowest BCUT2D eigenvalue weighted by Crippen LogP contribution is -2.01. The average molecular weight is 344 g/mol. The average Bonchev–Trinajstić information content (AvgIpc) is 3.03. The number of hydrogen-bond donors (Lipinski definition) is 1. The minimum atomic E-state index is 0.357. The Morgan fingerprint density at radius 2 is 2.17 bits per heavy atom. The van der Waals surface area contributed by atoms with E-state index in [4.69, 9.17) is 16.3 Å². The van der Waals surface area contributed by atoms with Crippen LogP contribution in [0.1, 0.15) is 10.4 Å². The van der Waals surface area contributed by atoms with Crippen LogP contribution in [-0.2, 0) is 7.05 Å². The molecular weight excluding hydrogens is 330 g/mol. The number of anilines is 2. The molecule has 0 unspecified atom stereocenters. The van der Waals surface area contributed by atoms with Gasteiger partial charge in [-0.2, -0.15) is 5.10 Å². The zero-order chi connectivity index (χ0) is 17.1. The summed E-state index contributed by atoms with van der Waals surface area (Å²) < 4.78 is 6.95. The summed E-state index contributed by atoms with van der Waals surface area (Å²) in [5.41, 5.74) is 2.52. The monoisotopic (exact) mass is 343 g/mol.